The zero-order valence-corrected chi connectivity index (χ0v) is 10.8. The average Bonchev–Trinajstić information content (AvgIpc) is 2.50. The first kappa shape index (κ1) is 13.0. The predicted molar refractivity (Wildman–Crippen MR) is 65.0 cm³/mol. The van der Waals surface area contributed by atoms with Crippen LogP contribution in [-0.2, 0) is 11.3 Å². The maximum atomic E-state index is 11.9. The molecule has 0 aliphatic carbocycles. The van der Waals surface area contributed by atoms with E-state index in [1.807, 2.05) is 33.8 Å². The number of ether oxygens (including phenoxy) is 1. The van der Waals surface area contributed by atoms with E-state index < -0.39 is 0 Å². The van der Waals surface area contributed by atoms with Crippen molar-refractivity contribution in [1.82, 2.24) is 4.57 Å². The summed E-state index contributed by atoms with van der Waals surface area (Å²) in [4.78, 5) is 11.9. The van der Waals surface area contributed by atoms with Crippen LogP contribution in [0.1, 0.15) is 42.5 Å². The van der Waals surface area contributed by atoms with Gasteiger partial charge in [0.05, 0.1) is 6.10 Å². The number of carbonyl (C=O) groups is 1. The number of ketones is 1. The van der Waals surface area contributed by atoms with Crippen LogP contribution in [0.4, 0.5) is 0 Å². The third-order valence-corrected chi connectivity index (χ3v) is 2.74. The molecule has 90 valence electrons. The van der Waals surface area contributed by atoms with Crippen LogP contribution in [0, 0.1) is 13.8 Å². The van der Waals surface area contributed by atoms with Crippen molar-refractivity contribution in [2.45, 2.75) is 47.3 Å². The molecule has 0 atom stereocenters. The van der Waals surface area contributed by atoms with Crippen LogP contribution >= 0.6 is 0 Å². The van der Waals surface area contributed by atoms with E-state index in [-0.39, 0.29) is 18.5 Å². The van der Waals surface area contributed by atoms with Crippen molar-refractivity contribution in [2.24, 2.45) is 0 Å². The van der Waals surface area contributed by atoms with Crippen molar-refractivity contribution in [2.75, 3.05) is 6.61 Å². The molecule has 0 N–H and O–H groups in total. The second-order valence-electron chi connectivity index (χ2n) is 4.31. The predicted octanol–water partition coefficient (Wildman–Crippen LogP) is 2.73. The fraction of sp³-hybridized carbons (Fsp3) is 0.615. The summed E-state index contributed by atoms with van der Waals surface area (Å²) in [6.07, 6.45) is 0.0959. The Bertz CT molecular complexity index is 378. The van der Waals surface area contributed by atoms with Crippen molar-refractivity contribution in [3.05, 3.63) is 23.0 Å². The van der Waals surface area contributed by atoms with E-state index in [9.17, 15) is 4.79 Å². The normalized spacial score (nSPS) is 11.1. The number of aromatic nitrogens is 1. The van der Waals surface area contributed by atoms with Gasteiger partial charge in [-0.1, -0.05) is 0 Å². The van der Waals surface area contributed by atoms with Gasteiger partial charge < -0.3 is 9.30 Å². The Labute approximate surface area is 97.4 Å². The molecular weight excluding hydrogens is 202 g/mol. The molecule has 1 aromatic heterocycles. The highest BCUT2D eigenvalue weighted by molar-refractivity contribution is 5.98. The maximum Gasteiger partial charge on any atom is 0.190 e. The van der Waals surface area contributed by atoms with Gasteiger partial charge in [-0.15, -0.1) is 0 Å². The number of nitrogens with zero attached hydrogens (tertiary/aromatic N) is 1. The first-order valence-corrected chi connectivity index (χ1v) is 5.78. The first-order valence-electron chi connectivity index (χ1n) is 5.78. The molecule has 0 spiro atoms. The maximum absolute atomic E-state index is 11.9. The molecule has 0 saturated carbocycles. The van der Waals surface area contributed by atoms with Crippen molar-refractivity contribution < 1.29 is 9.53 Å². The van der Waals surface area contributed by atoms with Crippen molar-refractivity contribution in [3.63, 3.8) is 0 Å². The Morgan fingerprint density at radius 1 is 1.44 bits per heavy atom. The molecule has 0 radical (unpaired) electrons. The number of carbonyl (C=O) groups excluding carboxylic acids is 1. The Kier molecular flexibility index (Phi) is 4.30. The fourth-order valence-corrected chi connectivity index (χ4v) is 1.89. The summed E-state index contributed by atoms with van der Waals surface area (Å²) in [6.45, 7) is 11.0. The van der Waals surface area contributed by atoms with Gasteiger partial charge in [0, 0.05) is 23.5 Å². The minimum Gasteiger partial charge on any atom is -0.371 e. The van der Waals surface area contributed by atoms with Gasteiger partial charge in [-0.2, -0.15) is 0 Å². The van der Waals surface area contributed by atoms with Gasteiger partial charge in [0.15, 0.2) is 5.78 Å². The average molecular weight is 223 g/mol. The second kappa shape index (κ2) is 5.30. The molecule has 16 heavy (non-hydrogen) atoms. The topological polar surface area (TPSA) is 31.2 Å². The van der Waals surface area contributed by atoms with E-state index in [1.165, 1.54) is 0 Å². The largest absolute Gasteiger partial charge is 0.371 e. The highest BCUT2D eigenvalue weighted by atomic mass is 16.5. The summed E-state index contributed by atoms with van der Waals surface area (Å²) in [5, 5.41) is 0. The number of Topliss-reactive ketones (excluding diaryl/α,β-unsaturated/α-hetero) is 1. The van der Waals surface area contributed by atoms with E-state index in [0.29, 0.717) is 0 Å². The van der Waals surface area contributed by atoms with E-state index in [0.717, 1.165) is 23.5 Å². The van der Waals surface area contributed by atoms with Crippen LogP contribution in [0.5, 0.6) is 0 Å². The molecule has 1 aromatic rings. The number of hydrogen-bond acceptors (Lipinski definition) is 2. The van der Waals surface area contributed by atoms with Crippen molar-refractivity contribution in [3.8, 4) is 0 Å². The highest BCUT2D eigenvalue weighted by Gasteiger charge is 2.15. The highest BCUT2D eigenvalue weighted by Crippen LogP contribution is 2.15. The number of aryl methyl sites for hydroxylation is 1. The van der Waals surface area contributed by atoms with Crippen molar-refractivity contribution in [1.29, 1.82) is 0 Å². The molecule has 1 rings (SSSR count). The second-order valence-corrected chi connectivity index (χ2v) is 4.31. The van der Waals surface area contributed by atoms with E-state index >= 15 is 0 Å². The molecule has 0 aliphatic heterocycles. The monoisotopic (exact) mass is 223 g/mol. The van der Waals surface area contributed by atoms with Gasteiger partial charge >= 0.3 is 0 Å². The number of hydrogen-bond donors (Lipinski definition) is 0. The summed E-state index contributed by atoms with van der Waals surface area (Å²) in [7, 11) is 0. The van der Waals surface area contributed by atoms with Crippen LogP contribution in [0.2, 0.25) is 0 Å². The smallest absolute Gasteiger partial charge is 0.190 e. The molecular formula is C13H21NO2. The zero-order valence-electron chi connectivity index (χ0n) is 10.8. The van der Waals surface area contributed by atoms with Crippen LogP contribution < -0.4 is 0 Å². The summed E-state index contributed by atoms with van der Waals surface area (Å²) in [5.41, 5.74) is 2.96. The lowest BCUT2D eigenvalue weighted by atomic mass is 10.1. The molecule has 0 saturated heterocycles. The fourth-order valence-electron chi connectivity index (χ4n) is 1.89. The van der Waals surface area contributed by atoms with Gasteiger partial charge in [-0.3, -0.25) is 4.79 Å². The molecule has 0 aliphatic rings. The molecule has 0 aromatic carbocycles. The van der Waals surface area contributed by atoms with Crippen LogP contribution in [0.3, 0.4) is 0 Å². The van der Waals surface area contributed by atoms with Crippen LogP contribution in [0.25, 0.3) is 0 Å². The van der Waals surface area contributed by atoms with Crippen LogP contribution in [-0.4, -0.2) is 23.1 Å². The Hall–Kier alpha value is -1.09. The Morgan fingerprint density at radius 2 is 2.06 bits per heavy atom. The third-order valence-electron chi connectivity index (χ3n) is 2.74. The minimum absolute atomic E-state index is 0.0708. The summed E-state index contributed by atoms with van der Waals surface area (Å²) in [6, 6.07) is 1.95. The van der Waals surface area contributed by atoms with Crippen LogP contribution in [0.15, 0.2) is 6.07 Å². The first-order chi connectivity index (χ1) is 7.47. The summed E-state index contributed by atoms with van der Waals surface area (Å²) < 4.78 is 7.48. The molecule has 3 nitrogen and oxygen atoms in total. The van der Waals surface area contributed by atoms with Gasteiger partial charge in [0.1, 0.15) is 6.61 Å². The third kappa shape index (κ3) is 2.73. The summed E-state index contributed by atoms with van der Waals surface area (Å²) in [5.74, 6) is 0.0708. The molecule has 0 unspecified atom stereocenters. The van der Waals surface area contributed by atoms with Gasteiger partial charge in [-0.25, -0.2) is 0 Å². The lowest BCUT2D eigenvalue weighted by molar-refractivity contribution is 0.0584. The molecule has 0 fully saturated rings. The van der Waals surface area contributed by atoms with E-state index in [2.05, 4.69) is 11.5 Å². The molecule has 1 heterocycles. The number of rotatable bonds is 5. The Morgan fingerprint density at radius 3 is 2.50 bits per heavy atom. The minimum atomic E-state index is 0.0708. The molecule has 0 bridgehead atoms. The summed E-state index contributed by atoms with van der Waals surface area (Å²) >= 11 is 0. The molecule has 3 heteroatoms. The van der Waals surface area contributed by atoms with Gasteiger partial charge in [0.25, 0.3) is 0 Å². The lowest BCUT2D eigenvalue weighted by Crippen LogP contribution is -2.14. The standard InChI is InChI=1S/C13H21NO2/c1-6-14-10(4)7-12(11(14)5)13(15)8-16-9(2)3/h7,9H,6,8H2,1-5H3. The van der Waals surface area contributed by atoms with E-state index in [4.69, 9.17) is 4.74 Å². The Balaban J connectivity index is 2.84. The zero-order chi connectivity index (χ0) is 12.3. The van der Waals surface area contributed by atoms with Gasteiger partial charge in [0.2, 0.25) is 0 Å². The molecule has 0 amide bonds. The van der Waals surface area contributed by atoms with Gasteiger partial charge in [-0.05, 0) is 40.7 Å². The van der Waals surface area contributed by atoms with Crippen molar-refractivity contribution >= 4 is 5.78 Å². The van der Waals surface area contributed by atoms with E-state index in [1.54, 1.807) is 0 Å². The lowest BCUT2D eigenvalue weighted by Gasteiger charge is -2.07. The SMILES string of the molecule is CCn1c(C)cc(C(=O)COC(C)C)c1C. The quantitative estimate of drug-likeness (QED) is 0.719.